The van der Waals surface area contributed by atoms with Crippen LogP contribution in [0.5, 0.6) is 0 Å². The molecule has 0 aliphatic heterocycles. The fourth-order valence-electron chi connectivity index (χ4n) is 0.0471. The molecule has 42 valence electrons. The minimum atomic E-state index is -2.07. The standard InChI is InChI=1S/C2H4O4S/c3-1(4)2(5)6-7/h1,3-4,7H. The van der Waals surface area contributed by atoms with Gasteiger partial charge in [-0.25, -0.2) is 4.79 Å². The van der Waals surface area contributed by atoms with Crippen LogP contribution in [0.4, 0.5) is 0 Å². The zero-order chi connectivity index (χ0) is 5.86. The predicted molar refractivity (Wildman–Crippen MR) is 23.3 cm³/mol. The predicted octanol–water partition coefficient (Wildman–Crippen LogP) is -1.31. The van der Waals surface area contributed by atoms with Crippen molar-refractivity contribution in [1.82, 2.24) is 0 Å². The van der Waals surface area contributed by atoms with Crippen molar-refractivity contribution in [3.05, 3.63) is 0 Å². The van der Waals surface area contributed by atoms with Crippen molar-refractivity contribution in [3.63, 3.8) is 0 Å². The summed E-state index contributed by atoms with van der Waals surface area (Å²) in [5.41, 5.74) is 0. The van der Waals surface area contributed by atoms with Gasteiger partial charge >= 0.3 is 5.97 Å². The van der Waals surface area contributed by atoms with Crippen molar-refractivity contribution in [2.24, 2.45) is 0 Å². The van der Waals surface area contributed by atoms with E-state index in [4.69, 9.17) is 10.2 Å². The Kier molecular flexibility index (Phi) is 2.73. The third-order valence-electron chi connectivity index (χ3n) is 0.301. The molecule has 0 aliphatic carbocycles. The summed E-state index contributed by atoms with van der Waals surface area (Å²) in [6, 6.07) is 0. The van der Waals surface area contributed by atoms with E-state index in [1.54, 1.807) is 0 Å². The highest BCUT2D eigenvalue weighted by Crippen LogP contribution is 1.84. The van der Waals surface area contributed by atoms with Gasteiger partial charge in [0.2, 0.25) is 0 Å². The molecule has 7 heavy (non-hydrogen) atoms. The number of thiol groups is 1. The van der Waals surface area contributed by atoms with Gasteiger partial charge in [-0.3, -0.25) is 0 Å². The van der Waals surface area contributed by atoms with Crippen LogP contribution in [0.15, 0.2) is 0 Å². The number of carbonyl (C=O) groups is 1. The Morgan fingerprint density at radius 1 is 1.71 bits per heavy atom. The molecule has 0 saturated heterocycles. The number of hydrogen-bond acceptors (Lipinski definition) is 5. The number of aliphatic hydroxyl groups is 2. The molecule has 0 aliphatic rings. The first-order chi connectivity index (χ1) is 3.18. The second-order valence-corrected chi connectivity index (χ2v) is 0.967. The lowest BCUT2D eigenvalue weighted by molar-refractivity contribution is -0.161. The first kappa shape index (κ1) is 6.74. The summed E-state index contributed by atoms with van der Waals surface area (Å²) < 4.78 is 3.57. The molecule has 0 heterocycles. The summed E-state index contributed by atoms with van der Waals surface area (Å²) in [7, 11) is 0. The van der Waals surface area contributed by atoms with Crippen LogP contribution in [-0.2, 0) is 8.98 Å². The molecule has 0 fully saturated rings. The largest absolute Gasteiger partial charge is 0.391 e. The number of rotatable bonds is 1. The molecule has 0 atom stereocenters. The summed E-state index contributed by atoms with van der Waals surface area (Å²) in [6.45, 7) is 0. The van der Waals surface area contributed by atoms with Crippen molar-refractivity contribution < 1.29 is 19.2 Å². The summed E-state index contributed by atoms with van der Waals surface area (Å²) in [4.78, 5) is 9.71. The van der Waals surface area contributed by atoms with Crippen molar-refractivity contribution in [2.45, 2.75) is 6.29 Å². The van der Waals surface area contributed by atoms with Gasteiger partial charge in [-0.1, -0.05) is 0 Å². The van der Waals surface area contributed by atoms with Crippen LogP contribution >= 0.6 is 12.9 Å². The van der Waals surface area contributed by atoms with E-state index >= 15 is 0 Å². The number of hydrogen-bond donors (Lipinski definition) is 3. The zero-order valence-corrected chi connectivity index (χ0v) is 4.13. The van der Waals surface area contributed by atoms with Gasteiger partial charge in [0, 0.05) is 12.9 Å². The Bertz CT molecular complexity index is 70.1. The fraction of sp³-hybridized carbons (Fsp3) is 0.500. The van der Waals surface area contributed by atoms with Crippen LogP contribution in [-0.4, -0.2) is 22.5 Å². The fourth-order valence-corrected chi connectivity index (χ4v) is 0.141. The molecule has 0 saturated carbocycles. The molecule has 5 heteroatoms. The highest BCUT2D eigenvalue weighted by Gasteiger charge is 2.09. The average Bonchev–Trinajstić information content (AvgIpc) is 1.65. The molecule has 0 amide bonds. The van der Waals surface area contributed by atoms with E-state index in [-0.39, 0.29) is 0 Å². The van der Waals surface area contributed by atoms with E-state index < -0.39 is 12.3 Å². The summed E-state index contributed by atoms with van der Waals surface area (Å²) in [5, 5.41) is 15.7. The van der Waals surface area contributed by atoms with Crippen LogP contribution in [0.1, 0.15) is 0 Å². The lowest BCUT2D eigenvalue weighted by Gasteiger charge is -1.94. The third-order valence-corrected chi connectivity index (χ3v) is 0.481. The van der Waals surface area contributed by atoms with E-state index in [1.807, 2.05) is 0 Å². The molecule has 0 radical (unpaired) electrons. The molecular formula is C2H4O4S. The van der Waals surface area contributed by atoms with Gasteiger partial charge in [0.25, 0.3) is 6.29 Å². The van der Waals surface area contributed by atoms with Gasteiger partial charge in [0.15, 0.2) is 0 Å². The van der Waals surface area contributed by atoms with Crippen molar-refractivity contribution >= 4 is 18.9 Å². The van der Waals surface area contributed by atoms with E-state index in [2.05, 4.69) is 17.1 Å². The normalized spacial score (nSPS) is 9.14. The first-order valence-electron chi connectivity index (χ1n) is 1.40. The van der Waals surface area contributed by atoms with Crippen molar-refractivity contribution in [1.29, 1.82) is 0 Å². The Morgan fingerprint density at radius 3 is 2.14 bits per heavy atom. The average molecular weight is 124 g/mol. The van der Waals surface area contributed by atoms with Crippen LogP contribution < -0.4 is 0 Å². The van der Waals surface area contributed by atoms with Gasteiger partial charge in [0.1, 0.15) is 0 Å². The second kappa shape index (κ2) is 2.84. The lowest BCUT2D eigenvalue weighted by atomic mass is 10.7. The van der Waals surface area contributed by atoms with Crippen molar-refractivity contribution in [2.75, 3.05) is 0 Å². The molecule has 0 bridgehead atoms. The molecule has 4 nitrogen and oxygen atoms in total. The Balaban J connectivity index is 3.35. The Labute approximate surface area is 45.3 Å². The molecule has 0 spiro atoms. The molecule has 0 rings (SSSR count). The molecule has 0 aromatic heterocycles. The van der Waals surface area contributed by atoms with Crippen LogP contribution in [0, 0.1) is 0 Å². The smallest absolute Gasteiger partial charge is 0.374 e. The molecule has 0 aromatic carbocycles. The van der Waals surface area contributed by atoms with E-state index in [0.717, 1.165) is 0 Å². The monoisotopic (exact) mass is 124 g/mol. The van der Waals surface area contributed by atoms with Gasteiger partial charge in [-0.2, -0.15) is 0 Å². The van der Waals surface area contributed by atoms with E-state index in [1.165, 1.54) is 0 Å². The van der Waals surface area contributed by atoms with Crippen LogP contribution in [0.2, 0.25) is 0 Å². The maximum Gasteiger partial charge on any atom is 0.374 e. The van der Waals surface area contributed by atoms with Gasteiger partial charge in [-0.05, 0) is 0 Å². The number of carbonyl (C=O) groups excluding carboxylic acids is 1. The molecule has 0 aromatic rings. The zero-order valence-electron chi connectivity index (χ0n) is 3.24. The van der Waals surface area contributed by atoms with E-state index in [0.29, 0.717) is 0 Å². The first-order valence-corrected chi connectivity index (χ1v) is 1.76. The quantitative estimate of drug-likeness (QED) is 0.230. The van der Waals surface area contributed by atoms with E-state index in [9.17, 15) is 4.79 Å². The number of aliphatic hydroxyl groups excluding tert-OH is 1. The topological polar surface area (TPSA) is 66.8 Å². The van der Waals surface area contributed by atoms with Gasteiger partial charge < -0.3 is 14.4 Å². The summed E-state index contributed by atoms with van der Waals surface area (Å²) in [6.07, 6.45) is -2.07. The Morgan fingerprint density at radius 2 is 2.14 bits per heavy atom. The lowest BCUT2D eigenvalue weighted by Crippen LogP contribution is -2.18. The summed E-state index contributed by atoms with van der Waals surface area (Å²) >= 11 is 2.99. The molecule has 2 N–H and O–H groups in total. The van der Waals surface area contributed by atoms with Gasteiger partial charge in [0.05, 0.1) is 0 Å². The van der Waals surface area contributed by atoms with Crippen LogP contribution in [0.25, 0.3) is 0 Å². The van der Waals surface area contributed by atoms with Crippen LogP contribution in [0.3, 0.4) is 0 Å². The van der Waals surface area contributed by atoms with Crippen molar-refractivity contribution in [3.8, 4) is 0 Å². The Hall–Kier alpha value is -0.260. The third kappa shape index (κ3) is 2.44. The molecule has 0 unspecified atom stereocenters. The SMILES string of the molecule is O=C(OS)C(O)O. The second-order valence-electron chi connectivity index (χ2n) is 0.784. The molecular weight excluding hydrogens is 120 g/mol. The maximum atomic E-state index is 9.71. The highest BCUT2D eigenvalue weighted by atomic mass is 32.1. The maximum absolute atomic E-state index is 9.71. The van der Waals surface area contributed by atoms with Gasteiger partial charge in [-0.15, -0.1) is 0 Å². The minimum absolute atomic E-state index is 1.18. The minimum Gasteiger partial charge on any atom is -0.391 e. The highest BCUT2D eigenvalue weighted by molar-refractivity contribution is 7.75. The summed E-state index contributed by atoms with van der Waals surface area (Å²) in [5.74, 6) is -1.18.